The topological polar surface area (TPSA) is 128 Å². The maximum atomic E-state index is 13.5. The van der Waals surface area contributed by atoms with Gasteiger partial charge in [0.25, 0.3) is 15.7 Å². The number of anilines is 2. The SMILES string of the molecule is COc1ccc(OC)c(NC(=O)CN(c2ccc(Br)cc2)S(=O)(=O)c2ccc(Cl)c([N+](=O)[O-])c2)c1. The van der Waals surface area contributed by atoms with Crippen LogP contribution in [0, 0.1) is 10.1 Å². The van der Waals surface area contributed by atoms with Crippen LogP contribution in [0.3, 0.4) is 0 Å². The molecule has 0 heterocycles. The van der Waals surface area contributed by atoms with Gasteiger partial charge in [-0.05, 0) is 48.5 Å². The molecule has 0 aliphatic heterocycles. The predicted octanol–water partition coefficient (Wildman–Crippen LogP) is 4.86. The molecule has 3 aromatic rings. The summed E-state index contributed by atoms with van der Waals surface area (Å²) in [7, 11) is -1.54. The second-order valence-electron chi connectivity index (χ2n) is 6.97. The van der Waals surface area contributed by atoms with Crippen LogP contribution in [0.5, 0.6) is 11.5 Å². The monoisotopic (exact) mass is 583 g/mol. The second-order valence-corrected chi connectivity index (χ2v) is 10.2. The summed E-state index contributed by atoms with van der Waals surface area (Å²) < 4.78 is 39.0. The molecular weight excluding hydrogens is 566 g/mol. The molecule has 1 N–H and O–H groups in total. The Morgan fingerprint density at radius 1 is 1.09 bits per heavy atom. The minimum atomic E-state index is -4.42. The Bertz CT molecular complexity index is 1370. The fourth-order valence-electron chi connectivity index (χ4n) is 3.07. The van der Waals surface area contributed by atoms with Crippen molar-refractivity contribution < 1.29 is 27.6 Å². The van der Waals surface area contributed by atoms with E-state index >= 15 is 0 Å². The number of carbonyl (C=O) groups excluding carboxylic acids is 1. The van der Waals surface area contributed by atoms with E-state index < -0.39 is 38.0 Å². The van der Waals surface area contributed by atoms with Crippen LogP contribution in [0.25, 0.3) is 0 Å². The van der Waals surface area contributed by atoms with Gasteiger partial charge in [-0.15, -0.1) is 0 Å². The molecule has 3 aromatic carbocycles. The van der Waals surface area contributed by atoms with Crippen LogP contribution in [0.15, 0.2) is 70.0 Å². The van der Waals surface area contributed by atoms with Crippen LogP contribution in [0.2, 0.25) is 5.02 Å². The van der Waals surface area contributed by atoms with Crippen LogP contribution in [-0.4, -0.2) is 40.0 Å². The number of amides is 1. The van der Waals surface area contributed by atoms with Crippen LogP contribution < -0.4 is 19.1 Å². The molecule has 0 fully saturated rings. The minimum Gasteiger partial charge on any atom is -0.497 e. The van der Waals surface area contributed by atoms with Crippen LogP contribution >= 0.6 is 27.5 Å². The summed E-state index contributed by atoms with van der Waals surface area (Å²) in [4.78, 5) is 23.1. The van der Waals surface area contributed by atoms with E-state index in [0.717, 1.165) is 22.5 Å². The molecule has 0 aliphatic carbocycles. The molecular formula is C22H19BrClN3O7S. The third-order valence-electron chi connectivity index (χ3n) is 4.78. The highest BCUT2D eigenvalue weighted by Gasteiger charge is 2.30. The molecule has 10 nitrogen and oxygen atoms in total. The predicted molar refractivity (Wildman–Crippen MR) is 135 cm³/mol. The van der Waals surface area contributed by atoms with E-state index in [4.69, 9.17) is 21.1 Å². The molecule has 0 radical (unpaired) electrons. The van der Waals surface area contributed by atoms with Gasteiger partial charge in [-0.1, -0.05) is 27.5 Å². The van der Waals surface area contributed by atoms with Gasteiger partial charge in [0.15, 0.2) is 0 Å². The number of nitro benzene ring substituents is 1. The van der Waals surface area contributed by atoms with Gasteiger partial charge in [-0.2, -0.15) is 0 Å². The molecule has 13 heteroatoms. The number of rotatable bonds is 9. The lowest BCUT2D eigenvalue weighted by Gasteiger charge is -2.24. The molecule has 0 aliphatic rings. The molecule has 35 heavy (non-hydrogen) atoms. The van der Waals surface area contributed by atoms with Crippen molar-refractivity contribution in [1.82, 2.24) is 0 Å². The number of ether oxygens (including phenoxy) is 2. The number of carbonyl (C=O) groups is 1. The van der Waals surface area contributed by atoms with Crippen molar-refractivity contribution in [3.05, 3.63) is 80.3 Å². The van der Waals surface area contributed by atoms with Crippen LogP contribution in [0.4, 0.5) is 17.1 Å². The lowest BCUT2D eigenvalue weighted by atomic mass is 10.2. The van der Waals surface area contributed by atoms with E-state index in [2.05, 4.69) is 21.2 Å². The molecule has 0 atom stereocenters. The standard InChI is InChI=1S/C22H19BrClN3O7S/c1-33-16-7-10-21(34-2)19(11-16)25-22(28)13-26(15-5-3-14(23)4-6-15)35(31,32)17-8-9-18(24)20(12-17)27(29)30/h3-12H,13H2,1-2H3,(H,25,28). The number of nitrogens with zero attached hydrogens (tertiary/aromatic N) is 2. The third-order valence-corrected chi connectivity index (χ3v) is 7.40. The number of nitrogens with one attached hydrogen (secondary N) is 1. The molecule has 0 spiro atoms. The highest BCUT2D eigenvalue weighted by atomic mass is 79.9. The van der Waals surface area contributed by atoms with Crippen molar-refractivity contribution in [3.8, 4) is 11.5 Å². The normalized spacial score (nSPS) is 11.0. The fourth-order valence-corrected chi connectivity index (χ4v) is 4.97. The third kappa shape index (κ3) is 6.02. The average molecular weight is 585 g/mol. The Balaban J connectivity index is 2.02. The molecule has 0 unspecified atom stereocenters. The van der Waals surface area contributed by atoms with Crippen molar-refractivity contribution in [2.24, 2.45) is 0 Å². The zero-order chi connectivity index (χ0) is 25.8. The second kappa shape index (κ2) is 10.9. The fraction of sp³-hybridized carbons (Fsp3) is 0.136. The number of nitro groups is 1. The molecule has 0 saturated carbocycles. The summed E-state index contributed by atoms with van der Waals surface area (Å²) in [5, 5.41) is 13.7. The highest BCUT2D eigenvalue weighted by molar-refractivity contribution is 9.10. The smallest absolute Gasteiger partial charge is 0.289 e. The molecule has 3 rings (SSSR count). The molecule has 184 valence electrons. The zero-order valence-electron chi connectivity index (χ0n) is 18.4. The van der Waals surface area contributed by atoms with Crippen molar-refractivity contribution >= 4 is 60.5 Å². The van der Waals surface area contributed by atoms with Gasteiger partial charge in [-0.3, -0.25) is 19.2 Å². The molecule has 0 aromatic heterocycles. The van der Waals surface area contributed by atoms with Crippen LogP contribution in [0.1, 0.15) is 0 Å². The van der Waals surface area contributed by atoms with Gasteiger partial charge in [0.2, 0.25) is 5.91 Å². The largest absolute Gasteiger partial charge is 0.497 e. The summed E-state index contributed by atoms with van der Waals surface area (Å²) in [5.74, 6) is 0.101. The Morgan fingerprint density at radius 3 is 2.37 bits per heavy atom. The Labute approximate surface area is 214 Å². The summed E-state index contributed by atoms with van der Waals surface area (Å²) in [5.41, 5.74) is -0.139. The van der Waals surface area contributed by atoms with Crippen molar-refractivity contribution in [3.63, 3.8) is 0 Å². The lowest BCUT2D eigenvalue weighted by Crippen LogP contribution is -2.38. The zero-order valence-corrected chi connectivity index (χ0v) is 21.6. The summed E-state index contributed by atoms with van der Waals surface area (Å²) >= 11 is 9.13. The molecule has 1 amide bonds. The van der Waals surface area contributed by atoms with Crippen LogP contribution in [-0.2, 0) is 14.8 Å². The van der Waals surface area contributed by atoms with Gasteiger partial charge in [0, 0.05) is 16.6 Å². The molecule has 0 saturated heterocycles. The van der Waals surface area contributed by atoms with Crippen molar-refractivity contribution in [2.45, 2.75) is 4.90 Å². The quantitative estimate of drug-likeness (QED) is 0.281. The first-order valence-electron chi connectivity index (χ1n) is 9.81. The van der Waals surface area contributed by atoms with Gasteiger partial charge in [0.1, 0.15) is 23.1 Å². The van der Waals surface area contributed by atoms with Gasteiger partial charge in [-0.25, -0.2) is 8.42 Å². The first-order chi connectivity index (χ1) is 16.6. The minimum absolute atomic E-state index is 0.165. The number of halogens is 2. The van der Waals surface area contributed by atoms with E-state index in [9.17, 15) is 23.3 Å². The van der Waals surface area contributed by atoms with E-state index in [-0.39, 0.29) is 16.4 Å². The Kier molecular flexibility index (Phi) is 8.20. The number of hydrogen-bond donors (Lipinski definition) is 1. The average Bonchev–Trinajstić information content (AvgIpc) is 2.83. The van der Waals surface area contributed by atoms with Crippen molar-refractivity contribution in [1.29, 1.82) is 0 Å². The van der Waals surface area contributed by atoms with E-state index in [0.29, 0.717) is 16.0 Å². The molecule has 0 bridgehead atoms. The van der Waals surface area contributed by atoms with Crippen molar-refractivity contribution in [2.75, 3.05) is 30.4 Å². The summed E-state index contributed by atoms with van der Waals surface area (Å²) in [6, 6.07) is 14.1. The first-order valence-corrected chi connectivity index (χ1v) is 12.4. The summed E-state index contributed by atoms with van der Waals surface area (Å²) in [6.45, 7) is -0.638. The Hall–Kier alpha value is -3.35. The van der Waals surface area contributed by atoms with E-state index in [1.54, 1.807) is 24.3 Å². The van der Waals surface area contributed by atoms with Gasteiger partial charge < -0.3 is 14.8 Å². The van der Waals surface area contributed by atoms with Gasteiger partial charge >= 0.3 is 0 Å². The number of hydrogen-bond acceptors (Lipinski definition) is 7. The number of sulfonamides is 1. The highest BCUT2D eigenvalue weighted by Crippen LogP contribution is 2.32. The number of methoxy groups -OCH3 is 2. The summed E-state index contributed by atoms with van der Waals surface area (Å²) in [6.07, 6.45) is 0. The van der Waals surface area contributed by atoms with E-state index in [1.807, 2.05) is 0 Å². The maximum Gasteiger partial charge on any atom is 0.289 e. The van der Waals surface area contributed by atoms with Gasteiger partial charge in [0.05, 0.1) is 35.4 Å². The Morgan fingerprint density at radius 2 is 1.77 bits per heavy atom. The maximum absolute atomic E-state index is 13.5. The lowest BCUT2D eigenvalue weighted by molar-refractivity contribution is -0.384. The number of benzene rings is 3. The van der Waals surface area contributed by atoms with E-state index in [1.165, 1.54) is 32.4 Å². The first kappa shape index (κ1) is 26.3.